The summed E-state index contributed by atoms with van der Waals surface area (Å²) in [4.78, 5) is 0. The van der Waals surface area contributed by atoms with Gasteiger partial charge in [-0.3, -0.25) is 0 Å². The maximum absolute atomic E-state index is 9.44. The van der Waals surface area contributed by atoms with Crippen LogP contribution in [0.5, 0.6) is 0 Å². The number of ether oxygens (including phenoxy) is 1. The predicted octanol–water partition coefficient (Wildman–Crippen LogP) is 5.29. The van der Waals surface area contributed by atoms with Crippen molar-refractivity contribution < 1.29 is 32.7 Å². The second kappa shape index (κ2) is 22.1. The van der Waals surface area contributed by atoms with E-state index in [0.29, 0.717) is 33.0 Å². The molecule has 0 aliphatic rings. The van der Waals surface area contributed by atoms with Gasteiger partial charge in [0.25, 0.3) is 0 Å². The molecular weight excluding hydrogens is 547 g/mol. The summed E-state index contributed by atoms with van der Waals surface area (Å²) >= 11 is 5.77. The standard InChI is InChI=1S/C25H55NO7S2Si2/c1-8-11-25(26-35-5)29-12-9-14-36(6,30-18-22(2)16-27)32-20-24(4)21-33-37(7,15-10-13-34)31-19-23(3)17-28/h22-24,27-28,34H,8-21H2,1-7H3. The lowest BCUT2D eigenvalue weighted by Gasteiger charge is -2.32. The van der Waals surface area contributed by atoms with E-state index in [0.717, 1.165) is 49.4 Å². The van der Waals surface area contributed by atoms with Gasteiger partial charge in [-0.05, 0) is 62.1 Å². The van der Waals surface area contributed by atoms with Crippen molar-refractivity contribution in [2.45, 2.75) is 78.6 Å². The van der Waals surface area contributed by atoms with E-state index < -0.39 is 17.1 Å². The van der Waals surface area contributed by atoms with E-state index in [1.807, 2.05) is 20.1 Å². The van der Waals surface area contributed by atoms with E-state index in [-0.39, 0.29) is 31.0 Å². The lowest BCUT2D eigenvalue weighted by atomic mass is 10.2. The van der Waals surface area contributed by atoms with Crippen LogP contribution in [-0.2, 0) is 22.4 Å². The summed E-state index contributed by atoms with van der Waals surface area (Å²) in [5.41, 5.74) is 0. The molecular formula is C25H55NO7S2Si2. The molecule has 0 heterocycles. The largest absolute Gasteiger partial charge is 0.480 e. The Labute approximate surface area is 238 Å². The highest BCUT2D eigenvalue weighted by molar-refractivity contribution is 7.97. The molecule has 0 bridgehead atoms. The minimum absolute atomic E-state index is 0.0642. The van der Waals surface area contributed by atoms with Crippen molar-refractivity contribution in [1.29, 1.82) is 0 Å². The molecule has 8 nitrogen and oxygen atoms in total. The smallest absolute Gasteiger partial charge is 0.335 e. The lowest BCUT2D eigenvalue weighted by Crippen LogP contribution is -2.44. The van der Waals surface area contributed by atoms with Crippen molar-refractivity contribution in [3.05, 3.63) is 0 Å². The highest BCUT2D eigenvalue weighted by atomic mass is 32.2. The average molecular weight is 602 g/mol. The topological polar surface area (TPSA) is 99.0 Å². The Balaban J connectivity index is 4.93. The van der Waals surface area contributed by atoms with Crippen LogP contribution in [0.15, 0.2) is 4.40 Å². The van der Waals surface area contributed by atoms with Gasteiger partial charge in [-0.1, -0.05) is 27.7 Å². The van der Waals surface area contributed by atoms with Gasteiger partial charge in [0.1, 0.15) is 0 Å². The monoisotopic (exact) mass is 601 g/mol. The van der Waals surface area contributed by atoms with Crippen molar-refractivity contribution in [2.24, 2.45) is 22.2 Å². The first-order chi connectivity index (χ1) is 17.6. The first-order valence-electron chi connectivity index (χ1n) is 13.7. The average Bonchev–Trinajstić information content (AvgIpc) is 2.89. The van der Waals surface area contributed by atoms with Gasteiger partial charge in [0.15, 0.2) is 5.90 Å². The van der Waals surface area contributed by atoms with Crippen LogP contribution in [0.4, 0.5) is 0 Å². The molecule has 0 aromatic heterocycles. The molecule has 0 spiro atoms. The molecule has 12 heteroatoms. The second-order valence-electron chi connectivity index (χ2n) is 10.4. The Kier molecular flexibility index (Phi) is 22.3. The summed E-state index contributed by atoms with van der Waals surface area (Å²) in [6, 6.07) is 1.67. The Bertz CT molecular complexity index is 597. The van der Waals surface area contributed by atoms with Gasteiger partial charge in [0.05, 0.1) is 6.61 Å². The van der Waals surface area contributed by atoms with Crippen LogP contribution in [0, 0.1) is 17.8 Å². The zero-order chi connectivity index (χ0) is 28.2. The van der Waals surface area contributed by atoms with Crippen LogP contribution in [-0.4, -0.2) is 91.5 Å². The molecule has 37 heavy (non-hydrogen) atoms. The normalized spacial score (nSPS) is 18.2. The zero-order valence-electron chi connectivity index (χ0n) is 24.4. The minimum atomic E-state index is -2.48. The van der Waals surface area contributed by atoms with Gasteiger partial charge in [0, 0.05) is 70.1 Å². The third kappa shape index (κ3) is 19.1. The fourth-order valence-electron chi connectivity index (χ4n) is 3.24. The van der Waals surface area contributed by atoms with Crippen molar-refractivity contribution >= 4 is 47.6 Å². The van der Waals surface area contributed by atoms with E-state index in [4.69, 9.17) is 22.4 Å². The predicted molar refractivity (Wildman–Crippen MR) is 163 cm³/mol. The number of aliphatic hydroxyl groups excluding tert-OH is 2. The maximum atomic E-state index is 9.44. The molecule has 0 aliphatic heterocycles. The summed E-state index contributed by atoms with van der Waals surface area (Å²) in [7, 11) is -4.85. The van der Waals surface area contributed by atoms with E-state index in [1.54, 1.807) is 0 Å². The SMILES string of the molecule is CCCC(=NSC)OCCC[Si](C)(OCC(C)CO)OCC(C)CO[Si](C)(CCCS)OCC(C)CO. The van der Waals surface area contributed by atoms with Gasteiger partial charge in [0.2, 0.25) is 0 Å². The van der Waals surface area contributed by atoms with Crippen molar-refractivity contribution in [3.63, 3.8) is 0 Å². The van der Waals surface area contributed by atoms with Crippen LogP contribution >= 0.6 is 24.6 Å². The molecule has 0 amide bonds. The van der Waals surface area contributed by atoms with Crippen LogP contribution in [0.2, 0.25) is 25.2 Å². The van der Waals surface area contributed by atoms with Gasteiger partial charge in [-0.15, -0.1) is 0 Å². The zero-order valence-corrected chi connectivity index (χ0v) is 28.1. The minimum Gasteiger partial charge on any atom is -0.480 e. The van der Waals surface area contributed by atoms with Crippen molar-refractivity contribution in [2.75, 3.05) is 58.3 Å². The fourth-order valence-corrected chi connectivity index (χ4v) is 8.94. The van der Waals surface area contributed by atoms with E-state index in [2.05, 4.69) is 44.0 Å². The molecule has 0 aromatic rings. The van der Waals surface area contributed by atoms with Gasteiger partial charge in [-0.25, -0.2) is 0 Å². The molecule has 0 rings (SSSR count). The number of nitrogens with zero attached hydrogens (tertiary/aromatic N) is 1. The summed E-state index contributed by atoms with van der Waals surface area (Å²) in [5.74, 6) is 1.92. The number of rotatable bonds is 24. The van der Waals surface area contributed by atoms with E-state index in [1.165, 1.54) is 11.9 Å². The molecule has 5 atom stereocenters. The molecule has 5 unspecified atom stereocenters. The molecule has 0 aromatic carbocycles. The number of thiol groups is 1. The highest BCUT2D eigenvalue weighted by Crippen LogP contribution is 2.22. The van der Waals surface area contributed by atoms with Gasteiger partial charge < -0.3 is 32.7 Å². The summed E-state index contributed by atoms with van der Waals surface area (Å²) in [5, 5.41) is 18.8. The molecule has 222 valence electrons. The number of hydrogen-bond acceptors (Lipinski definition) is 10. The van der Waals surface area contributed by atoms with Gasteiger partial charge in [-0.2, -0.15) is 17.0 Å². The molecule has 0 radical (unpaired) electrons. The summed E-state index contributed by atoms with van der Waals surface area (Å²) in [6.07, 6.45) is 5.54. The van der Waals surface area contributed by atoms with Crippen LogP contribution in [0.3, 0.4) is 0 Å². The molecule has 0 saturated heterocycles. The van der Waals surface area contributed by atoms with Crippen molar-refractivity contribution in [1.82, 2.24) is 0 Å². The Hall–Kier alpha value is 0.364. The quantitative estimate of drug-likeness (QED) is 0.0343. The van der Waals surface area contributed by atoms with Crippen LogP contribution < -0.4 is 0 Å². The van der Waals surface area contributed by atoms with E-state index in [9.17, 15) is 10.2 Å². The first kappa shape index (κ1) is 37.4. The van der Waals surface area contributed by atoms with Gasteiger partial charge >= 0.3 is 17.1 Å². The van der Waals surface area contributed by atoms with Crippen LogP contribution in [0.1, 0.15) is 53.4 Å². The second-order valence-corrected chi connectivity index (χ2v) is 18.1. The fraction of sp³-hybridized carbons (Fsp3) is 0.960. The number of hydrogen-bond donors (Lipinski definition) is 3. The molecule has 2 N–H and O–H groups in total. The van der Waals surface area contributed by atoms with E-state index >= 15 is 0 Å². The third-order valence-corrected chi connectivity index (χ3v) is 12.1. The van der Waals surface area contributed by atoms with Crippen molar-refractivity contribution in [3.8, 4) is 0 Å². The Morgan fingerprint density at radius 3 is 1.70 bits per heavy atom. The summed E-state index contributed by atoms with van der Waals surface area (Å²) in [6.45, 7) is 15.2. The molecule has 0 saturated carbocycles. The highest BCUT2D eigenvalue weighted by Gasteiger charge is 2.34. The number of aliphatic hydroxyl groups is 2. The lowest BCUT2D eigenvalue weighted by molar-refractivity contribution is 0.0865. The first-order valence-corrected chi connectivity index (χ1v) is 20.5. The Morgan fingerprint density at radius 1 is 0.838 bits per heavy atom. The molecule has 0 fully saturated rings. The van der Waals surface area contributed by atoms with Crippen LogP contribution in [0.25, 0.3) is 0 Å². The Morgan fingerprint density at radius 2 is 1.30 bits per heavy atom. The third-order valence-electron chi connectivity index (χ3n) is 5.81. The summed E-state index contributed by atoms with van der Waals surface area (Å²) < 4.78 is 35.6. The maximum Gasteiger partial charge on any atom is 0.335 e. The molecule has 0 aliphatic carbocycles.